The maximum Gasteiger partial charge on any atom is 0.222 e. The fraction of sp³-hybridized carbons (Fsp3) is 0.609. The average Bonchev–Trinajstić information content (AvgIpc) is 3.45. The number of amides is 1. The summed E-state index contributed by atoms with van der Waals surface area (Å²) in [5.74, 6) is 2.51. The second-order valence-electron chi connectivity index (χ2n) is 8.55. The second kappa shape index (κ2) is 9.58. The first-order chi connectivity index (χ1) is 14.7. The van der Waals surface area contributed by atoms with Gasteiger partial charge in [-0.1, -0.05) is 37.5 Å². The smallest absolute Gasteiger partial charge is 0.222 e. The molecule has 1 aliphatic carbocycles. The van der Waals surface area contributed by atoms with Crippen molar-refractivity contribution in [2.24, 2.45) is 5.92 Å². The molecule has 1 aromatic heterocycles. The summed E-state index contributed by atoms with van der Waals surface area (Å²) in [5.41, 5.74) is 1.01. The van der Waals surface area contributed by atoms with Crippen molar-refractivity contribution >= 4 is 5.91 Å². The van der Waals surface area contributed by atoms with E-state index in [1.807, 2.05) is 24.3 Å². The molecular formula is C23H31FN4O2. The van der Waals surface area contributed by atoms with Gasteiger partial charge in [-0.25, -0.2) is 4.98 Å². The SMILES string of the molecule is COc1ccccc1CCC(=O)N1C[C@@H](CF)[C@H](c2nc(C3CCCCC3)n[nH]2)C1. The molecular weight excluding hydrogens is 383 g/mol. The molecule has 0 unspecified atom stereocenters. The molecule has 2 fully saturated rings. The molecule has 1 amide bonds. The summed E-state index contributed by atoms with van der Waals surface area (Å²) >= 11 is 0. The number of aryl methyl sites for hydroxylation is 1. The molecule has 1 aliphatic heterocycles. The Morgan fingerprint density at radius 1 is 1.23 bits per heavy atom. The van der Waals surface area contributed by atoms with Gasteiger partial charge in [0, 0.05) is 37.3 Å². The molecule has 1 saturated carbocycles. The van der Waals surface area contributed by atoms with Crippen molar-refractivity contribution in [2.45, 2.75) is 56.8 Å². The topological polar surface area (TPSA) is 71.1 Å². The van der Waals surface area contributed by atoms with E-state index in [1.54, 1.807) is 12.0 Å². The van der Waals surface area contributed by atoms with Gasteiger partial charge >= 0.3 is 0 Å². The Hall–Kier alpha value is -2.44. The number of benzene rings is 1. The Labute approximate surface area is 177 Å². The number of nitrogens with one attached hydrogen (secondary N) is 1. The number of carbonyl (C=O) groups excluding carboxylic acids is 1. The van der Waals surface area contributed by atoms with Crippen LogP contribution in [0.3, 0.4) is 0 Å². The molecule has 1 saturated heterocycles. The summed E-state index contributed by atoms with van der Waals surface area (Å²) in [4.78, 5) is 19.3. The van der Waals surface area contributed by atoms with Gasteiger partial charge in [-0.15, -0.1) is 0 Å². The summed E-state index contributed by atoms with van der Waals surface area (Å²) in [7, 11) is 1.64. The van der Waals surface area contributed by atoms with Crippen LogP contribution < -0.4 is 4.74 Å². The van der Waals surface area contributed by atoms with E-state index in [2.05, 4.69) is 10.2 Å². The first-order valence-electron chi connectivity index (χ1n) is 11.1. The van der Waals surface area contributed by atoms with Crippen molar-refractivity contribution in [1.82, 2.24) is 20.1 Å². The van der Waals surface area contributed by atoms with Crippen LogP contribution in [0.25, 0.3) is 0 Å². The molecule has 0 spiro atoms. The van der Waals surface area contributed by atoms with Crippen LogP contribution in [0.2, 0.25) is 0 Å². The van der Waals surface area contributed by atoms with E-state index in [9.17, 15) is 9.18 Å². The van der Waals surface area contributed by atoms with Gasteiger partial charge in [0.05, 0.1) is 13.8 Å². The Morgan fingerprint density at radius 3 is 2.80 bits per heavy atom. The number of aromatic nitrogens is 3. The molecule has 2 heterocycles. The summed E-state index contributed by atoms with van der Waals surface area (Å²) < 4.78 is 19.1. The number of nitrogens with zero attached hydrogens (tertiary/aromatic N) is 3. The predicted molar refractivity (Wildman–Crippen MR) is 112 cm³/mol. The largest absolute Gasteiger partial charge is 0.496 e. The monoisotopic (exact) mass is 414 g/mol. The van der Waals surface area contributed by atoms with Gasteiger partial charge in [0.25, 0.3) is 0 Å². The van der Waals surface area contributed by atoms with Crippen molar-refractivity contribution in [1.29, 1.82) is 0 Å². The van der Waals surface area contributed by atoms with Gasteiger partial charge in [0.1, 0.15) is 11.6 Å². The first-order valence-corrected chi connectivity index (χ1v) is 11.1. The van der Waals surface area contributed by atoms with Crippen molar-refractivity contribution < 1.29 is 13.9 Å². The zero-order chi connectivity index (χ0) is 20.9. The highest BCUT2D eigenvalue weighted by molar-refractivity contribution is 5.77. The third kappa shape index (κ3) is 4.50. The van der Waals surface area contributed by atoms with Crippen molar-refractivity contribution in [2.75, 3.05) is 26.9 Å². The molecule has 4 rings (SSSR count). The van der Waals surface area contributed by atoms with Crippen LogP contribution in [-0.4, -0.2) is 52.9 Å². The Bertz CT molecular complexity index is 849. The summed E-state index contributed by atoms with van der Waals surface area (Å²) in [5, 5.41) is 7.50. The third-order valence-electron chi connectivity index (χ3n) is 6.63. The highest BCUT2D eigenvalue weighted by Crippen LogP contribution is 2.35. The first kappa shape index (κ1) is 20.8. The minimum Gasteiger partial charge on any atom is -0.496 e. The minimum atomic E-state index is -0.458. The number of aromatic amines is 1. The van der Waals surface area contributed by atoms with E-state index < -0.39 is 6.67 Å². The third-order valence-corrected chi connectivity index (χ3v) is 6.63. The number of para-hydroxylation sites is 1. The molecule has 30 heavy (non-hydrogen) atoms. The number of ether oxygens (including phenoxy) is 1. The van der Waals surface area contributed by atoms with Gasteiger partial charge in [0.15, 0.2) is 5.82 Å². The molecule has 2 aromatic rings. The van der Waals surface area contributed by atoms with Crippen LogP contribution in [0.4, 0.5) is 4.39 Å². The molecule has 2 atom stereocenters. The van der Waals surface area contributed by atoms with E-state index in [0.717, 1.165) is 35.8 Å². The lowest BCUT2D eigenvalue weighted by Crippen LogP contribution is -2.29. The lowest BCUT2D eigenvalue weighted by atomic mass is 9.89. The lowest BCUT2D eigenvalue weighted by molar-refractivity contribution is -0.130. The molecule has 1 N–H and O–H groups in total. The Balaban J connectivity index is 1.38. The van der Waals surface area contributed by atoms with Gasteiger partial charge in [-0.05, 0) is 30.9 Å². The minimum absolute atomic E-state index is 0.0499. The van der Waals surface area contributed by atoms with Crippen LogP contribution in [0, 0.1) is 5.92 Å². The van der Waals surface area contributed by atoms with Crippen LogP contribution in [0.1, 0.15) is 67.6 Å². The van der Waals surface area contributed by atoms with Crippen LogP contribution in [0.5, 0.6) is 5.75 Å². The maximum atomic E-state index is 13.8. The van der Waals surface area contributed by atoms with Gasteiger partial charge in [-0.3, -0.25) is 14.3 Å². The van der Waals surface area contributed by atoms with Crippen LogP contribution in [-0.2, 0) is 11.2 Å². The van der Waals surface area contributed by atoms with E-state index in [-0.39, 0.29) is 17.7 Å². The van der Waals surface area contributed by atoms with Crippen molar-refractivity contribution in [3.8, 4) is 5.75 Å². The van der Waals surface area contributed by atoms with Gasteiger partial charge in [-0.2, -0.15) is 5.10 Å². The number of hydrogen-bond acceptors (Lipinski definition) is 4. The van der Waals surface area contributed by atoms with E-state index in [1.165, 1.54) is 19.3 Å². The predicted octanol–water partition coefficient (Wildman–Crippen LogP) is 4.01. The molecule has 1 aromatic carbocycles. The molecule has 0 radical (unpaired) electrons. The zero-order valence-electron chi connectivity index (χ0n) is 17.6. The summed E-state index contributed by atoms with van der Waals surface area (Å²) in [6.45, 7) is 0.477. The van der Waals surface area contributed by atoms with E-state index in [4.69, 9.17) is 9.72 Å². The zero-order valence-corrected chi connectivity index (χ0v) is 17.6. The highest BCUT2D eigenvalue weighted by Gasteiger charge is 2.38. The summed E-state index contributed by atoms with van der Waals surface area (Å²) in [6.07, 6.45) is 6.98. The van der Waals surface area contributed by atoms with Crippen molar-refractivity contribution in [3.63, 3.8) is 0 Å². The highest BCUT2D eigenvalue weighted by atomic mass is 19.1. The van der Waals surface area contributed by atoms with Crippen LogP contribution >= 0.6 is 0 Å². The van der Waals surface area contributed by atoms with E-state index >= 15 is 0 Å². The van der Waals surface area contributed by atoms with E-state index in [0.29, 0.717) is 31.8 Å². The quantitative estimate of drug-likeness (QED) is 0.743. The molecule has 7 heteroatoms. The summed E-state index contributed by atoms with van der Waals surface area (Å²) in [6, 6.07) is 7.74. The lowest BCUT2D eigenvalue weighted by Gasteiger charge is -2.18. The number of likely N-dealkylation sites (tertiary alicyclic amines) is 1. The Morgan fingerprint density at radius 2 is 2.03 bits per heavy atom. The number of hydrogen-bond donors (Lipinski definition) is 1. The number of methoxy groups -OCH3 is 1. The Kier molecular flexibility index (Phi) is 6.65. The van der Waals surface area contributed by atoms with Crippen LogP contribution in [0.15, 0.2) is 24.3 Å². The van der Waals surface area contributed by atoms with Gasteiger partial charge in [0.2, 0.25) is 5.91 Å². The maximum absolute atomic E-state index is 13.8. The number of carbonyl (C=O) groups is 1. The molecule has 6 nitrogen and oxygen atoms in total. The molecule has 2 aliphatic rings. The normalized spacial score (nSPS) is 22.4. The second-order valence-corrected chi connectivity index (χ2v) is 8.55. The number of H-pyrrole nitrogens is 1. The fourth-order valence-electron chi connectivity index (χ4n) is 4.85. The van der Waals surface area contributed by atoms with Gasteiger partial charge < -0.3 is 9.64 Å². The van der Waals surface area contributed by atoms with Crippen molar-refractivity contribution in [3.05, 3.63) is 41.5 Å². The number of halogens is 1. The number of alkyl halides is 1. The fourth-order valence-corrected chi connectivity index (χ4v) is 4.85. The average molecular weight is 415 g/mol. The molecule has 162 valence electrons. The number of rotatable bonds is 7. The molecule has 0 bridgehead atoms. The standard InChI is InChI=1S/C23H31FN4O2/c1-30-20-10-6-5-7-16(20)11-12-21(29)28-14-18(13-24)19(15-28)23-25-22(26-27-23)17-8-3-2-4-9-17/h5-7,10,17-19H,2-4,8-9,11-15H2,1H3,(H,25,26,27)/t18-,19-/m1/s1.